The van der Waals surface area contributed by atoms with E-state index in [-0.39, 0.29) is 24.5 Å². The quantitative estimate of drug-likeness (QED) is 0.794. The fraction of sp³-hybridized carbons (Fsp3) is 0.467. The Bertz CT molecular complexity index is 471. The Morgan fingerprint density at radius 3 is 2.30 bits per heavy atom. The minimum Gasteiger partial charge on any atom is -0.490 e. The Morgan fingerprint density at radius 1 is 1.05 bits per heavy atom. The Kier molecular flexibility index (Phi) is 6.56. The van der Waals surface area contributed by atoms with Crippen LogP contribution in [0.15, 0.2) is 18.2 Å². The molecular formula is C15H21NO4. The van der Waals surface area contributed by atoms with E-state index in [1.165, 1.54) is 6.92 Å². The summed E-state index contributed by atoms with van der Waals surface area (Å²) in [5.41, 5.74) is 0.630. The molecule has 0 unspecified atom stereocenters. The molecule has 0 saturated heterocycles. The molecule has 5 nitrogen and oxygen atoms in total. The molecule has 0 bridgehead atoms. The minimum absolute atomic E-state index is 0.00171. The molecule has 0 aromatic heterocycles. The number of carbonyl (C=O) groups is 2. The average Bonchev–Trinajstić information content (AvgIpc) is 2.40. The first-order valence-electron chi connectivity index (χ1n) is 6.75. The zero-order valence-electron chi connectivity index (χ0n) is 12.2. The highest BCUT2D eigenvalue weighted by Crippen LogP contribution is 2.30. The molecule has 110 valence electrons. The molecule has 1 N–H and O–H groups in total. The smallest absolute Gasteiger partial charge is 0.224 e. The second-order valence-electron chi connectivity index (χ2n) is 4.28. The topological polar surface area (TPSA) is 64.6 Å². The third-order valence-corrected chi connectivity index (χ3v) is 2.53. The number of hydrogen-bond donors (Lipinski definition) is 1. The van der Waals surface area contributed by atoms with E-state index in [1.807, 2.05) is 13.8 Å². The van der Waals surface area contributed by atoms with Gasteiger partial charge in [-0.1, -0.05) is 0 Å². The first-order chi connectivity index (χ1) is 9.56. The van der Waals surface area contributed by atoms with E-state index in [0.29, 0.717) is 30.4 Å². The van der Waals surface area contributed by atoms with E-state index in [2.05, 4.69) is 5.32 Å². The maximum Gasteiger partial charge on any atom is 0.224 e. The lowest BCUT2D eigenvalue weighted by atomic mass is 10.2. The van der Waals surface area contributed by atoms with E-state index < -0.39 is 0 Å². The number of ether oxygens (including phenoxy) is 2. The zero-order chi connectivity index (χ0) is 15.0. The van der Waals surface area contributed by atoms with Crippen molar-refractivity contribution in [3.8, 4) is 11.5 Å². The highest BCUT2D eigenvalue weighted by atomic mass is 16.5. The summed E-state index contributed by atoms with van der Waals surface area (Å²) in [5, 5.41) is 2.74. The summed E-state index contributed by atoms with van der Waals surface area (Å²) in [5.74, 6) is 1.06. The molecule has 5 heteroatoms. The van der Waals surface area contributed by atoms with Gasteiger partial charge in [-0.3, -0.25) is 4.79 Å². The van der Waals surface area contributed by atoms with E-state index in [9.17, 15) is 9.59 Å². The second-order valence-corrected chi connectivity index (χ2v) is 4.28. The van der Waals surface area contributed by atoms with E-state index >= 15 is 0 Å². The molecule has 0 heterocycles. The molecule has 0 spiro atoms. The van der Waals surface area contributed by atoms with Crippen LogP contribution in [0.1, 0.15) is 33.6 Å². The van der Waals surface area contributed by atoms with Gasteiger partial charge in [-0.15, -0.1) is 0 Å². The van der Waals surface area contributed by atoms with Gasteiger partial charge in [0.05, 0.1) is 13.2 Å². The van der Waals surface area contributed by atoms with Crippen molar-refractivity contribution in [3.05, 3.63) is 18.2 Å². The predicted molar refractivity (Wildman–Crippen MR) is 77.3 cm³/mol. The van der Waals surface area contributed by atoms with Crippen molar-refractivity contribution in [3.63, 3.8) is 0 Å². The lowest BCUT2D eigenvalue weighted by Gasteiger charge is -2.13. The van der Waals surface area contributed by atoms with Crippen LogP contribution in [0.2, 0.25) is 0 Å². The van der Waals surface area contributed by atoms with Crippen LogP contribution >= 0.6 is 0 Å². The van der Waals surface area contributed by atoms with Gasteiger partial charge < -0.3 is 19.6 Å². The summed E-state index contributed by atoms with van der Waals surface area (Å²) >= 11 is 0. The molecule has 1 aromatic carbocycles. The summed E-state index contributed by atoms with van der Waals surface area (Å²) in [6.45, 7) is 6.31. The SMILES string of the molecule is CCOc1ccc(NC(=O)CCC(C)=O)cc1OCC. The second kappa shape index (κ2) is 8.19. The van der Waals surface area contributed by atoms with Crippen molar-refractivity contribution in [2.75, 3.05) is 18.5 Å². The summed E-state index contributed by atoms with van der Waals surface area (Å²) in [6, 6.07) is 5.23. The van der Waals surface area contributed by atoms with E-state index in [0.717, 1.165) is 0 Å². The molecule has 0 fully saturated rings. The maximum absolute atomic E-state index is 11.7. The molecule has 1 amide bonds. The van der Waals surface area contributed by atoms with Gasteiger partial charge in [-0.05, 0) is 32.9 Å². The van der Waals surface area contributed by atoms with Gasteiger partial charge in [0.15, 0.2) is 11.5 Å². The van der Waals surface area contributed by atoms with Crippen molar-refractivity contribution in [2.24, 2.45) is 0 Å². The van der Waals surface area contributed by atoms with Crippen molar-refractivity contribution in [2.45, 2.75) is 33.6 Å². The summed E-state index contributed by atoms with van der Waals surface area (Å²) in [6.07, 6.45) is 0.438. The normalized spacial score (nSPS) is 9.95. The molecule has 0 aliphatic heterocycles. The third-order valence-electron chi connectivity index (χ3n) is 2.53. The number of amides is 1. The van der Waals surface area contributed by atoms with Gasteiger partial charge in [-0.25, -0.2) is 0 Å². The number of ketones is 1. The van der Waals surface area contributed by atoms with Crippen LogP contribution < -0.4 is 14.8 Å². The number of rotatable bonds is 8. The van der Waals surface area contributed by atoms with Crippen molar-refractivity contribution in [1.82, 2.24) is 0 Å². The van der Waals surface area contributed by atoms with E-state index in [4.69, 9.17) is 9.47 Å². The molecule has 1 aromatic rings. The Morgan fingerprint density at radius 2 is 1.70 bits per heavy atom. The third kappa shape index (κ3) is 5.30. The lowest BCUT2D eigenvalue weighted by Crippen LogP contribution is -2.12. The van der Waals surface area contributed by atoms with Crippen molar-refractivity contribution in [1.29, 1.82) is 0 Å². The van der Waals surface area contributed by atoms with Gasteiger partial charge in [0.25, 0.3) is 0 Å². The van der Waals surface area contributed by atoms with Crippen molar-refractivity contribution >= 4 is 17.4 Å². The molecule has 0 aliphatic rings. The molecule has 0 aliphatic carbocycles. The number of hydrogen-bond acceptors (Lipinski definition) is 4. The highest BCUT2D eigenvalue weighted by Gasteiger charge is 2.09. The van der Waals surface area contributed by atoms with Gasteiger partial charge in [-0.2, -0.15) is 0 Å². The van der Waals surface area contributed by atoms with Crippen LogP contribution in [0, 0.1) is 0 Å². The number of anilines is 1. The van der Waals surface area contributed by atoms with Crippen LogP contribution in [0.25, 0.3) is 0 Å². The number of benzene rings is 1. The van der Waals surface area contributed by atoms with Gasteiger partial charge in [0.1, 0.15) is 5.78 Å². The fourth-order valence-corrected chi connectivity index (χ4v) is 1.64. The molecule has 0 radical (unpaired) electrons. The number of nitrogens with one attached hydrogen (secondary N) is 1. The van der Waals surface area contributed by atoms with Gasteiger partial charge >= 0.3 is 0 Å². The number of carbonyl (C=O) groups excluding carboxylic acids is 2. The Balaban J connectivity index is 2.73. The molecular weight excluding hydrogens is 258 g/mol. The monoisotopic (exact) mass is 279 g/mol. The standard InChI is InChI=1S/C15H21NO4/c1-4-19-13-8-7-12(10-14(13)20-5-2)16-15(18)9-6-11(3)17/h7-8,10H,4-6,9H2,1-3H3,(H,16,18). The molecule has 0 atom stereocenters. The summed E-state index contributed by atoms with van der Waals surface area (Å²) < 4.78 is 10.9. The first-order valence-corrected chi connectivity index (χ1v) is 6.75. The van der Waals surface area contributed by atoms with Gasteiger partial charge in [0, 0.05) is 24.6 Å². The van der Waals surface area contributed by atoms with Crippen LogP contribution in [-0.2, 0) is 9.59 Å². The van der Waals surface area contributed by atoms with Crippen LogP contribution in [-0.4, -0.2) is 24.9 Å². The van der Waals surface area contributed by atoms with Crippen LogP contribution in [0.5, 0.6) is 11.5 Å². The minimum atomic E-state index is -0.188. The van der Waals surface area contributed by atoms with E-state index in [1.54, 1.807) is 18.2 Å². The molecule has 20 heavy (non-hydrogen) atoms. The molecule has 1 rings (SSSR count). The van der Waals surface area contributed by atoms with Crippen LogP contribution in [0.4, 0.5) is 5.69 Å². The zero-order valence-corrected chi connectivity index (χ0v) is 12.2. The molecule has 0 saturated carbocycles. The van der Waals surface area contributed by atoms with Gasteiger partial charge in [0.2, 0.25) is 5.91 Å². The van der Waals surface area contributed by atoms with Crippen LogP contribution in [0.3, 0.4) is 0 Å². The predicted octanol–water partition coefficient (Wildman–Crippen LogP) is 2.79. The fourth-order valence-electron chi connectivity index (χ4n) is 1.64. The highest BCUT2D eigenvalue weighted by molar-refractivity contribution is 5.93. The summed E-state index contributed by atoms with van der Waals surface area (Å²) in [4.78, 5) is 22.5. The lowest BCUT2D eigenvalue weighted by molar-refractivity contribution is -0.121. The largest absolute Gasteiger partial charge is 0.490 e. The first kappa shape index (κ1) is 16.0. The number of Topliss-reactive ketones (excluding diaryl/α,β-unsaturated/α-hetero) is 1. The van der Waals surface area contributed by atoms with Crippen molar-refractivity contribution < 1.29 is 19.1 Å². The maximum atomic E-state index is 11.7. The Hall–Kier alpha value is -2.04. The summed E-state index contributed by atoms with van der Waals surface area (Å²) in [7, 11) is 0. The Labute approximate surface area is 119 Å². The average molecular weight is 279 g/mol.